The van der Waals surface area contributed by atoms with E-state index in [1.165, 1.54) is 11.8 Å². The van der Waals surface area contributed by atoms with E-state index in [-0.39, 0.29) is 11.1 Å². The predicted molar refractivity (Wildman–Crippen MR) is 109 cm³/mol. The van der Waals surface area contributed by atoms with E-state index in [4.69, 9.17) is 9.15 Å². The van der Waals surface area contributed by atoms with Crippen LogP contribution in [0, 0.1) is 0 Å². The molecule has 10 heteroatoms. The summed E-state index contributed by atoms with van der Waals surface area (Å²) in [6.45, 7) is 0.463. The molecule has 8 nitrogen and oxygen atoms in total. The second kappa shape index (κ2) is 8.93. The number of hydrogen-bond acceptors (Lipinski definition) is 9. The highest BCUT2D eigenvalue weighted by Crippen LogP contribution is 2.26. The van der Waals surface area contributed by atoms with Crippen LogP contribution in [0.25, 0.3) is 17.5 Å². The molecule has 2 aromatic heterocycles. The van der Waals surface area contributed by atoms with Crippen molar-refractivity contribution in [3.8, 4) is 17.2 Å². The van der Waals surface area contributed by atoms with Gasteiger partial charge in [0.1, 0.15) is 5.75 Å². The molecule has 146 valence electrons. The van der Waals surface area contributed by atoms with Crippen molar-refractivity contribution in [1.29, 1.82) is 0 Å². The van der Waals surface area contributed by atoms with Gasteiger partial charge in [-0.15, -0.1) is 10.2 Å². The number of nitrogens with one attached hydrogen (secondary N) is 1. The van der Waals surface area contributed by atoms with E-state index >= 15 is 0 Å². The number of thioether (sulfide) groups is 2. The van der Waals surface area contributed by atoms with Gasteiger partial charge < -0.3 is 9.15 Å². The van der Waals surface area contributed by atoms with Gasteiger partial charge >= 0.3 is 0 Å². The van der Waals surface area contributed by atoms with Crippen LogP contribution in [0.5, 0.6) is 5.75 Å². The monoisotopic (exact) mass is 426 g/mol. The smallest absolute Gasteiger partial charge is 0.290 e. The maximum absolute atomic E-state index is 11.6. The number of hydrogen-bond donors (Lipinski definition) is 1. The number of imide groups is 1. The van der Waals surface area contributed by atoms with Crippen LogP contribution in [-0.4, -0.2) is 38.7 Å². The third-order valence-electron chi connectivity index (χ3n) is 3.73. The van der Waals surface area contributed by atoms with Gasteiger partial charge in [0, 0.05) is 23.7 Å². The molecular weight excluding hydrogens is 412 g/mol. The third kappa shape index (κ3) is 5.04. The second-order valence-corrected chi connectivity index (χ2v) is 7.79. The summed E-state index contributed by atoms with van der Waals surface area (Å²) in [5.74, 6) is 1.43. The highest BCUT2D eigenvalue weighted by atomic mass is 32.2. The number of aromatic nitrogens is 3. The SMILES string of the molecule is O=C1NC(=O)/C(=C\c2ccc(OCCSc3nnc(-c4ccncc4)o3)cc2)S1. The van der Waals surface area contributed by atoms with Crippen LogP contribution < -0.4 is 10.1 Å². The topological polar surface area (TPSA) is 107 Å². The first-order valence-corrected chi connectivity index (χ1v) is 10.3. The van der Waals surface area contributed by atoms with Crippen LogP contribution in [-0.2, 0) is 4.79 Å². The van der Waals surface area contributed by atoms with Crippen LogP contribution in [0.4, 0.5) is 4.79 Å². The molecule has 4 rings (SSSR count). The average Bonchev–Trinajstić information content (AvgIpc) is 3.33. The number of benzene rings is 1. The Kier molecular flexibility index (Phi) is 5.92. The summed E-state index contributed by atoms with van der Waals surface area (Å²) in [4.78, 5) is 27.1. The van der Waals surface area contributed by atoms with Crippen molar-refractivity contribution in [3.63, 3.8) is 0 Å². The van der Waals surface area contributed by atoms with Gasteiger partial charge in [-0.05, 0) is 47.7 Å². The Hall–Kier alpha value is -3.11. The molecular formula is C19H14N4O4S2. The summed E-state index contributed by atoms with van der Waals surface area (Å²) in [6.07, 6.45) is 5.01. The molecule has 0 spiro atoms. The van der Waals surface area contributed by atoms with Gasteiger partial charge in [0.05, 0.1) is 11.5 Å². The molecule has 1 fully saturated rings. The molecule has 1 N–H and O–H groups in total. The number of amides is 2. The minimum atomic E-state index is -0.370. The fraction of sp³-hybridized carbons (Fsp3) is 0.105. The van der Waals surface area contributed by atoms with Crippen molar-refractivity contribution >= 4 is 40.7 Å². The number of rotatable bonds is 7. The summed E-state index contributed by atoms with van der Waals surface area (Å²) < 4.78 is 11.3. The van der Waals surface area contributed by atoms with Crippen molar-refractivity contribution in [2.75, 3.05) is 12.4 Å². The van der Waals surface area contributed by atoms with E-state index < -0.39 is 0 Å². The summed E-state index contributed by atoms with van der Waals surface area (Å²) >= 11 is 2.30. The molecule has 1 saturated heterocycles. The summed E-state index contributed by atoms with van der Waals surface area (Å²) in [5.41, 5.74) is 1.64. The fourth-order valence-corrected chi connectivity index (χ4v) is 3.66. The molecule has 0 unspecified atom stereocenters. The van der Waals surface area contributed by atoms with Gasteiger partial charge in [0.15, 0.2) is 0 Å². The van der Waals surface area contributed by atoms with Crippen LogP contribution in [0.15, 0.2) is 63.3 Å². The number of carbonyl (C=O) groups excluding carboxylic acids is 2. The lowest BCUT2D eigenvalue weighted by molar-refractivity contribution is -0.115. The van der Waals surface area contributed by atoms with E-state index in [1.54, 1.807) is 30.6 Å². The summed E-state index contributed by atoms with van der Waals surface area (Å²) in [5, 5.41) is 10.4. The van der Waals surface area contributed by atoms with Gasteiger partial charge in [-0.25, -0.2) is 0 Å². The molecule has 1 aromatic carbocycles. The zero-order valence-corrected chi connectivity index (χ0v) is 16.5. The Labute approximate surface area is 174 Å². The molecule has 3 heterocycles. The Morgan fingerprint density at radius 3 is 2.62 bits per heavy atom. The van der Waals surface area contributed by atoms with Crippen LogP contribution in [0.3, 0.4) is 0 Å². The van der Waals surface area contributed by atoms with E-state index in [1.807, 2.05) is 24.3 Å². The van der Waals surface area contributed by atoms with Crippen molar-refractivity contribution in [2.24, 2.45) is 0 Å². The lowest BCUT2D eigenvalue weighted by Gasteiger charge is -2.05. The second-order valence-electron chi connectivity index (χ2n) is 5.73. The van der Waals surface area contributed by atoms with Crippen molar-refractivity contribution in [1.82, 2.24) is 20.5 Å². The normalized spacial score (nSPS) is 15.0. The van der Waals surface area contributed by atoms with E-state index in [9.17, 15) is 9.59 Å². The van der Waals surface area contributed by atoms with Crippen LogP contribution in [0.2, 0.25) is 0 Å². The standard InChI is InChI=1S/C19H14N4O4S2/c24-16-15(29-18(25)21-16)11-12-1-3-14(4-2-12)26-9-10-28-19-23-22-17(27-19)13-5-7-20-8-6-13/h1-8,11H,9-10H2,(H,21,24,25)/b15-11+. The average molecular weight is 426 g/mol. The molecule has 0 atom stereocenters. The van der Waals surface area contributed by atoms with Gasteiger partial charge in [-0.3, -0.25) is 19.9 Å². The summed E-state index contributed by atoms with van der Waals surface area (Å²) in [6, 6.07) is 10.9. The molecule has 1 aliphatic heterocycles. The zero-order valence-electron chi connectivity index (χ0n) is 14.9. The number of ether oxygens (including phenoxy) is 1. The van der Waals surface area contributed by atoms with Gasteiger partial charge in [0.2, 0.25) is 5.89 Å². The molecule has 0 saturated carbocycles. The first-order chi connectivity index (χ1) is 14.2. The predicted octanol–water partition coefficient (Wildman–Crippen LogP) is 3.63. The van der Waals surface area contributed by atoms with Crippen LogP contribution in [0.1, 0.15) is 5.56 Å². The fourth-order valence-electron chi connectivity index (χ4n) is 2.40. The largest absolute Gasteiger partial charge is 0.493 e. The van der Waals surface area contributed by atoms with Gasteiger partial charge in [0.25, 0.3) is 16.4 Å². The van der Waals surface area contributed by atoms with Gasteiger partial charge in [-0.2, -0.15) is 0 Å². The number of carbonyl (C=O) groups is 2. The van der Waals surface area contributed by atoms with Gasteiger partial charge in [-0.1, -0.05) is 23.9 Å². The lowest BCUT2D eigenvalue weighted by Crippen LogP contribution is -2.17. The quantitative estimate of drug-likeness (QED) is 0.344. The Balaban J connectivity index is 1.25. The highest BCUT2D eigenvalue weighted by Gasteiger charge is 2.24. The first-order valence-electron chi connectivity index (χ1n) is 8.52. The minimum Gasteiger partial charge on any atom is -0.493 e. The van der Waals surface area contributed by atoms with E-state index in [2.05, 4.69) is 20.5 Å². The maximum atomic E-state index is 11.6. The highest BCUT2D eigenvalue weighted by molar-refractivity contribution is 8.18. The molecule has 1 aliphatic rings. The van der Waals surface area contributed by atoms with Crippen LogP contribution >= 0.6 is 23.5 Å². The Morgan fingerprint density at radius 2 is 1.90 bits per heavy atom. The molecule has 0 bridgehead atoms. The van der Waals surface area contributed by atoms with E-state index in [0.29, 0.717) is 34.1 Å². The lowest BCUT2D eigenvalue weighted by atomic mass is 10.2. The minimum absolute atomic E-state index is 0.354. The van der Waals surface area contributed by atoms with Crippen molar-refractivity contribution in [2.45, 2.75) is 5.22 Å². The molecule has 29 heavy (non-hydrogen) atoms. The maximum Gasteiger partial charge on any atom is 0.290 e. The van der Waals surface area contributed by atoms with Crippen molar-refractivity contribution in [3.05, 3.63) is 59.3 Å². The molecule has 0 radical (unpaired) electrons. The molecule has 3 aromatic rings. The molecule has 2 amide bonds. The summed E-state index contributed by atoms with van der Waals surface area (Å²) in [7, 11) is 0. The number of pyridine rings is 1. The number of nitrogens with zero attached hydrogens (tertiary/aromatic N) is 3. The van der Waals surface area contributed by atoms with Crippen molar-refractivity contribution < 1.29 is 18.7 Å². The third-order valence-corrected chi connectivity index (χ3v) is 5.32. The Morgan fingerprint density at radius 1 is 1.10 bits per heavy atom. The first kappa shape index (κ1) is 19.2. The molecule has 0 aliphatic carbocycles. The zero-order chi connectivity index (χ0) is 20.1. The Bertz CT molecular complexity index is 1050. The van der Waals surface area contributed by atoms with E-state index in [0.717, 1.165) is 22.9 Å².